The number of hydrogen-bond acceptors (Lipinski definition) is 6. The zero-order valence-electron chi connectivity index (χ0n) is 20.0. The van der Waals surface area contributed by atoms with Crippen molar-refractivity contribution in [1.82, 2.24) is 10.3 Å². The van der Waals surface area contributed by atoms with Crippen molar-refractivity contribution in [3.63, 3.8) is 0 Å². The van der Waals surface area contributed by atoms with E-state index in [1.807, 2.05) is 36.4 Å². The minimum atomic E-state index is -0.448. The standard InChI is InChI=1S/C29H29N3O3/c1-20(23-12-7-10-21-9-3-4-11-24(21)23)30-18-17-22-19-32(26-14-5-6-15-27(26)35-22)28-16-8-13-25(31-28)29(33)34-2/h3-16,20,22,30H,17-19H2,1-2H3. The lowest BCUT2D eigenvalue weighted by Crippen LogP contribution is -2.39. The van der Waals surface area contributed by atoms with Gasteiger partial charge in [-0.05, 0) is 60.5 Å². The van der Waals surface area contributed by atoms with Crippen LogP contribution in [-0.4, -0.2) is 37.3 Å². The van der Waals surface area contributed by atoms with Gasteiger partial charge in [0.25, 0.3) is 0 Å². The molecule has 0 aliphatic carbocycles. The summed E-state index contributed by atoms with van der Waals surface area (Å²) in [6, 6.07) is 28.5. The first-order valence-corrected chi connectivity index (χ1v) is 11.9. The van der Waals surface area contributed by atoms with Crippen LogP contribution in [0.3, 0.4) is 0 Å². The normalized spacial score (nSPS) is 15.8. The number of benzene rings is 3. The van der Waals surface area contributed by atoms with Crippen LogP contribution in [0.2, 0.25) is 0 Å². The number of anilines is 2. The van der Waals surface area contributed by atoms with Crippen LogP contribution in [0.15, 0.2) is 84.9 Å². The summed E-state index contributed by atoms with van der Waals surface area (Å²) in [4.78, 5) is 18.7. The summed E-state index contributed by atoms with van der Waals surface area (Å²) >= 11 is 0. The van der Waals surface area contributed by atoms with Gasteiger partial charge in [-0.15, -0.1) is 0 Å². The Morgan fingerprint density at radius 3 is 2.71 bits per heavy atom. The molecule has 0 fully saturated rings. The quantitative estimate of drug-likeness (QED) is 0.354. The van der Waals surface area contributed by atoms with Crippen molar-refractivity contribution in [3.8, 4) is 5.75 Å². The Morgan fingerprint density at radius 2 is 1.83 bits per heavy atom. The molecule has 2 heterocycles. The smallest absolute Gasteiger partial charge is 0.356 e. The van der Waals surface area contributed by atoms with Crippen molar-refractivity contribution in [2.75, 3.05) is 25.1 Å². The largest absolute Gasteiger partial charge is 0.486 e. The lowest BCUT2D eigenvalue weighted by Gasteiger charge is -2.36. The number of rotatable bonds is 7. The fourth-order valence-electron chi connectivity index (χ4n) is 4.66. The van der Waals surface area contributed by atoms with Crippen LogP contribution in [0, 0.1) is 0 Å². The number of carbonyl (C=O) groups is 1. The highest BCUT2D eigenvalue weighted by atomic mass is 16.5. The fourth-order valence-corrected chi connectivity index (χ4v) is 4.66. The van der Waals surface area contributed by atoms with Gasteiger partial charge in [0.2, 0.25) is 0 Å². The van der Waals surface area contributed by atoms with E-state index in [9.17, 15) is 4.79 Å². The SMILES string of the molecule is COC(=O)c1cccc(N2CC(CCNC(C)c3cccc4ccccc34)Oc3ccccc32)n1. The number of para-hydroxylation sites is 2. The average molecular weight is 468 g/mol. The molecule has 0 spiro atoms. The van der Waals surface area contributed by atoms with Gasteiger partial charge in [0.1, 0.15) is 17.7 Å². The van der Waals surface area contributed by atoms with Crippen molar-refractivity contribution in [2.45, 2.75) is 25.5 Å². The van der Waals surface area contributed by atoms with Gasteiger partial charge >= 0.3 is 5.97 Å². The summed E-state index contributed by atoms with van der Waals surface area (Å²) < 4.78 is 11.2. The zero-order valence-corrected chi connectivity index (χ0v) is 20.0. The molecule has 3 aromatic carbocycles. The van der Waals surface area contributed by atoms with Gasteiger partial charge in [0, 0.05) is 6.04 Å². The lowest BCUT2D eigenvalue weighted by molar-refractivity contribution is 0.0594. The Hall–Kier alpha value is -3.90. The van der Waals surface area contributed by atoms with E-state index in [0.717, 1.165) is 24.4 Å². The third-order valence-corrected chi connectivity index (χ3v) is 6.45. The van der Waals surface area contributed by atoms with Crippen LogP contribution in [-0.2, 0) is 4.74 Å². The van der Waals surface area contributed by atoms with E-state index in [1.54, 1.807) is 6.07 Å². The highest BCUT2D eigenvalue weighted by Gasteiger charge is 2.27. The van der Waals surface area contributed by atoms with Crippen molar-refractivity contribution < 1.29 is 14.3 Å². The van der Waals surface area contributed by atoms with E-state index in [4.69, 9.17) is 9.47 Å². The number of ether oxygens (including phenoxy) is 2. The first-order chi connectivity index (χ1) is 17.1. The van der Waals surface area contributed by atoms with Gasteiger partial charge in [-0.2, -0.15) is 0 Å². The first-order valence-electron chi connectivity index (χ1n) is 11.9. The van der Waals surface area contributed by atoms with Gasteiger partial charge in [0.05, 0.1) is 19.3 Å². The molecule has 0 saturated carbocycles. The molecule has 2 unspecified atom stereocenters. The van der Waals surface area contributed by atoms with Gasteiger partial charge < -0.3 is 19.7 Å². The minimum absolute atomic E-state index is 0.0271. The van der Waals surface area contributed by atoms with Gasteiger partial charge in [0.15, 0.2) is 5.69 Å². The van der Waals surface area contributed by atoms with E-state index in [-0.39, 0.29) is 17.8 Å². The number of methoxy groups -OCH3 is 1. The Labute approximate surface area is 205 Å². The molecule has 4 aromatic rings. The van der Waals surface area contributed by atoms with Crippen LogP contribution in [0.5, 0.6) is 5.75 Å². The second kappa shape index (κ2) is 10.2. The lowest BCUT2D eigenvalue weighted by atomic mass is 9.99. The zero-order chi connectivity index (χ0) is 24.2. The maximum absolute atomic E-state index is 12.0. The van der Waals surface area contributed by atoms with Crippen molar-refractivity contribution in [1.29, 1.82) is 0 Å². The second-order valence-electron chi connectivity index (χ2n) is 8.72. The Kier molecular flexibility index (Phi) is 6.64. The molecule has 0 bridgehead atoms. The van der Waals surface area contributed by atoms with Crippen LogP contribution in [0.4, 0.5) is 11.5 Å². The predicted octanol–water partition coefficient (Wildman–Crippen LogP) is 5.66. The summed E-state index contributed by atoms with van der Waals surface area (Å²) in [7, 11) is 1.36. The fraction of sp³-hybridized carbons (Fsp3) is 0.241. The molecular formula is C29H29N3O3. The molecule has 0 saturated heterocycles. The summed E-state index contributed by atoms with van der Waals surface area (Å²) in [6.07, 6.45) is 0.803. The van der Waals surface area contributed by atoms with E-state index in [2.05, 4.69) is 64.6 Å². The van der Waals surface area contributed by atoms with Crippen molar-refractivity contribution in [3.05, 3.63) is 96.2 Å². The Bertz CT molecular complexity index is 1330. The van der Waals surface area contributed by atoms with Crippen LogP contribution >= 0.6 is 0 Å². The molecule has 0 amide bonds. The molecule has 1 aromatic heterocycles. The summed E-state index contributed by atoms with van der Waals surface area (Å²) in [5.74, 6) is 1.07. The molecular weight excluding hydrogens is 438 g/mol. The Morgan fingerprint density at radius 1 is 1.06 bits per heavy atom. The molecule has 6 heteroatoms. The number of nitrogens with one attached hydrogen (secondary N) is 1. The van der Waals surface area contributed by atoms with E-state index >= 15 is 0 Å². The van der Waals surface area contributed by atoms with Crippen LogP contribution in [0.25, 0.3) is 10.8 Å². The molecule has 178 valence electrons. The molecule has 1 aliphatic heterocycles. The molecule has 1 N–H and O–H groups in total. The number of pyridine rings is 1. The van der Waals surface area contributed by atoms with Crippen molar-refractivity contribution >= 4 is 28.2 Å². The third-order valence-electron chi connectivity index (χ3n) is 6.45. The number of esters is 1. The number of hydrogen-bond donors (Lipinski definition) is 1. The second-order valence-corrected chi connectivity index (χ2v) is 8.72. The number of carbonyl (C=O) groups excluding carboxylic acids is 1. The van der Waals surface area contributed by atoms with Crippen LogP contribution < -0.4 is 15.0 Å². The molecule has 35 heavy (non-hydrogen) atoms. The van der Waals surface area contributed by atoms with E-state index < -0.39 is 5.97 Å². The minimum Gasteiger partial charge on any atom is -0.486 e. The Balaban J connectivity index is 1.30. The van der Waals surface area contributed by atoms with Gasteiger partial charge in [-0.3, -0.25) is 0 Å². The molecule has 1 aliphatic rings. The molecule has 5 rings (SSSR count). The maximum Gasteiger partial charge on any atom is 0.356 e. The average Bonchev–Trinajstić information content (AvgIpc) is 2.91. The predicted molar refractivity (Wildman–Crippen MR) is 138 cm³/mol. The molecule has 6 nitrogen and oxygen atoms in total. The monoisotopic (exact) mass is 467 g/mol. The highest BCUT2D eigenvalue weighted by molar-refractivity contribution is 5.88. The van der Waals surface area contributed by atoms with Crippen molar-refractivity contribution in [2.24, 2.45) is 0 Å². The van der Waals surface area contributed by atoms with E-state index in [0.29, 0.717) is 12.4 Å². The molecule has 2 atom stereocenters. The van der Waals surface area contributed by atoms with Gasteiger partial charge in [-0.1, -0.05) is 60.7 Å². The highest BCUT2D eigenvalue weighted by Crippen LogP contribution is 2.38. The van der Waals surface area contributed by atoms with Gasteiger partial charge in [-0.25, -0.2) is 9.78 Å². The summed E-state index contributed by atoms with van der Waals surface area (Å²) in [5, 5.41) is 6.20. The molecule has 0 radical (unpaired) electrons. The number of aromatic nitrogens is 1. The third kappa shape index (κ3) is 4.84. The number of fused-ring (bicyclic) bond motifs is 2. The summed E-state index contributed by atoms with van der Waals surface area (Å²) in [5.41, 5.74) is 2.52. The first kappa shape index (κ1) is 22.9. The summed E-state index contributed by atoms with van der Waals surface area (Å²) in [6.45, 7) is 3.65. The topological polar surface area (TPSA) is 63.7 Å². The maximum atomic E-state index is 12.0. The van der Waals surface area contributed by atoms with Crippen LogP contribution in [0.1, 0.15) is 35.4 Å². The number of nitrogens with zero attached hydrogens (tertiary/aromatic N) is 2. The van der Waals surface area contributed by atoms with E-state index in [1.165, 1.54) is 23.4 Å².